The van der Waals surface area contributed by atoms with Gasteiger partial charge in [0.25, 0.3) is 0 Å². The molecule has 6 heteroatoms. The second-order valence-corrected chi connectivity index (χ2v) is 9.44. The maximum Gasteiger partial charge on any atom is 0.132 e. The van der Waals surface area contributed by atoms with E-state index in [2.05, 4.69) is 12.2 Å². The van der Waals surface area contributed by atoms with Crippen molar-refractivity contribution in [1.29, 1.82) is 0 Å². The molecule has 0 spiro atoms. The Morgan fingerprint density at radius 3 is 2.46 bits per heavy atom. The molecule has 0 fully saturated rings. The van der Waals surface area contributed by atoms with Gasteiger partial charge in [0.1, 0.15) is 35.2 Å². The quantitative estimate of drug-likeness (QED) is 0.311. The lowest BCUT2D eigenvalue weighted by Crippen LogP contribution is -2.51. The van der Waals surface area contributed by atoms with Gasteiger partial charge in [0.05, 0.1) is 6.61 Å². The fourth-order valence-electron chi connectivity index (χ4n) is 4.28. The van der Waals surface area contributed by atoms with E-state index in [4.69, 9.17) is 14.2 Å². The van der Waals surface area contributed by atoms with Gasteiger partial charge in [0.2, 0.25) is 0 Å². The molecule has 186 valence electrons. The predicted molar refractivity (Wildman–Crippen MR) is 133 cm³/mol. The Bertz CT molecular complexity index is 1120. The smallest absolute Gasteiger partial charge is 0.132 e. The lowest BCUT2D eigenvalue weighted by atomic mass is 9.87. The van der Waals surface area contributed by atoms with Crippen molar-refractivity contribution in [2.75, 3.05) is 11.9 Å². The van der Waals surface area contributed by atoms with E-state index >= 15 is 0 Å². The van der Waals surface area contributed by atoms with Crippen LogP contribution in [0.2, 0.25) is 0 Å². The van der Waals surface area contributed by atoms with Gasteiger partial charge in [-0.15, -0.1) is 0 Å². The average Bonchev–Trinajstić information content (AvgIpc) is 2.83. The van der Waals surface area contributed by atoms with Gasteiger partial charge in [-0.2, -0.15) is 0 Å². The highest BCUT2D eigenvalue weighted by Crippen LogP contribution is 2.44. The van der Waals surface area contributed by atoms with E-state index in [0.29, 0.717) is 13.2 Å². The Morgan fingerprint density at radius 1 is 0.914 bits per heavy atom. The van der Waals surface area contributed by atoms with Crippen LogP contribution in [0.3, 0.4) is 0 Å². The van der Waals surface area contributed by atoms with E-state index in [1.54, 1.807) is 18.2 Å². The third-order valence-corrected chi connectivity index (χ3v) is 6.17. The van der Waals surface area contributed by atoms with E-state index in [1.165, 1.54) is 24.3 Å². The summed E-state index contributed by atoms with van der Waals surface area (Å²) in [7, 11) is 0. The summed E-state index contributed by atoms with van der Waals surface area (Å²) in [5, 5.41) is 3.40. The maximum absolute atomic E-state index is 13.7. The SMILES string of the molecule is CCCCOC1c2cc(NCc3ccc(F)cc3)ccc2OC(C)(C)C1OCc1cccc(F)c1. The summed E-state index contributed by atoms with van der Waals surface area (Å²) < 4.78 is 46.0. The summed E-state index contributed by atoms with van der Waals surface area (Å²) >= 11 is 0. The summed E-state index contributed by atoms with van der Waals surface area (Å²) in [6.07, 6.45) is 1.21. The standard InChI is InChI=1S/C29H33F2NO3/c1-4-5-15-33-27-25-17-24(32-18-20-9-11-22(30)12-10-20)13-14-26(25)35-29(2,3)28(27)34-19-21-7-6-8-23(31)16-21/h6-14,16-17,27-28,32H,4-5,15,18-19H2,1-3H3. The van der Waals surface area contributed by atoms with Gasteiger partial charge >= 0.3 is 0 Å². The first kappa shape index (κ1) is 25.1. The van der Waals surface area contributed by atoms with Gasteiger partial charge in [-0.25, -0.2) is 8.78 Å². The Kier molecular flexibility index (Phi) is 8.04. The van der Waals surface area contributed by atoms with Gasteiger partial charge in [-0.1, -0.05) is 37.6 Å². The molecular weight excluding hydrogens is 448 g/mol. The second kappa shape index (κ2) is 11.2. The lowest BCUT2D eigenvalue weighted by Gasteiger charge is -2.44. The van der Waals surface area contributed by atoms with E-state index in [-0.39, 0.29) is 24.3 Å². The van der Waals surface area contributed by atoms with Crippen LogP contribution in [0.4, 0.5) is 14.5 Å². The Morgan fingerprint density at radius 2 is 1.71 bits per heavy atom. The molecule has 0 saturated carbocycles. The van der Waals surface area contributed by atoms with Crippen molar-refractivity contribution in [1.82, 2.24) is 0 Å². The minimum absolute atomic E-state index is 0.251. The monoisotopic (exact) mass is 481 g/mol. The average molecular weight is 482 g/mol. The van der Waals surface area contributed by atoms with Crippen molar-refractivity contribution < 1.29 is 23.0 Å². The molecule has 0 radical (unpaired) electrons. The molecular formula is C29H33F2NO3. The molecule has 0 amide bonds. The van der Waals surface area contributed by atoms with Crippen molar-refractivity contribution in [3.63, 3.8) is 0 Å². The third kappa shape index (κ3) is 6.38. The number of ether oxygens (including phenoxy) is 3. The molecule has 3 aromatic rings. The van der Waals surface area contributed by atoms with Crippen LogP contribution in [0.5, 0.6) is 5.75 Å². The number of benzene rings is 3. The van der Waals surface area contributed by atoms with E-state index in [0.717, 1.165) is 41.0 Å². The normalized spacial score (nSPS) is 18.5. The van der Waals surface area contributed by atoms with Crippen molar-refractivity contribution in [2.24, 2.45) is 0 Å². The van der Waals surface area contributed by atoms with Crippen LogP contribution < -0.4 is 10.1 Å². The summed E-state index contributed by atoms with van der Waals surface area (Å²) in [5.74, 6) is 0.219. The zero-order valence-corrected chi connectivity index (χ0v) is 20.5. The van der Waals surface area contributed by atoms with Crippen LogP contribution in [0.25, 0.3) is 0 Å². The van der Waals surface area contributed by atoms with Crippen molar-refractivity contribution >= 4 is 5.69 Å². The molecule has 4 rings (SSSR count). The number of halogens is 2. The van der Waals surface area contributed by atoms with Crippen LogP contribution in [0, 0.1) is 11.6 Å². The number of hydrogen-bond acceptors (Lipinski definition) is 4. The summed E-state index contributed by atoms with van der Waals surface area (Å²) in [6.45, 7) is 7.52. The van der Waals surface area contributed by atoms with Crippen LogP contribution in [-0.2, 0) is 22.6 Å². The molecule has 1 N–H and O–H groups in total. The zero-order valence-electron chi connectivity index (χ0n) is 20.5. The number of rotatable bonds is 10. The fraction of sp³-hybridized carbons (Fsp3) is 0.379. The summed E-state index contributed by atoms with van der Waals surface area (Å²) in [4.78, 5) is 0. The second-order valence-electron chi connectivity index (χ2n) is 9.44. The first-order chi connectivity index (χ1) is 16.9. The molecule has 1 aliphatic heterocycles. The van der Waals surface area contributed by atoms with Crippen molar-refractivity contribution in [3.8, 4) is 5.75 Å². The summed E-state index contributed by atoms with van der Waals surface area (Å²) in [6, 6.07) is 18.8. The maximum atomic E-state index is 13.7. The molecule has 0 aromatic heterocycles. The fourth-order valence-corrected chi connectivity index (χ4v) is 4.28. The number of nitrogens with one attached hydrogen (secondary N) is 1. The van der Waals surface area contributed by atoms with Crippen molar-refractivity contribution in [3.05, 3.63) is 95.1 Å². The first-order valence-electron chi connectivity index (χ1n) is 12.1. The van der Waals surface area contributed by atoms with Crippen LogP contribution >= 0.6 is 0 Å². The molecule has 3 aromatic carbocycles. The molecule has 1 heterocycles. The molecule has 2 atom stereocenters. The van der Waals surface area contributed by atoms with Crippen LogP contribution in [0.15, 0.2) is 66.7 Å². The van der Waals surface area contributed by atoms with Crippen molar-refractivity contribution in [2.45, 2.75) is 64.6 Å². The number of anilines is 1. The first-order valence-corrected chi connectivity index (χ1v) is 12.1. The lowest BCUT2D eigenvalue weighted by molar-refractivity contribution is -0.167. The minimum Gasteiger partial charge on any atom is -0.485 e. The molecule has 1 aliphatic rings. The van der Waals surface area contributed by atoms with Gasteiger partial charge in [0.15, 0.2) is 0 Å². The Labute approximate surface area is 206 Å². The Hall–Kier alpha value is -2.96. The predicted octanol–water partition coefficient (Wildman–Crippen LogP) is 7.19. The van der Waals surface area contributed by atoms with E-state index < -0.39 is 11.7 Å². The Balaban J connectivity index is 1.57. The highest BCUT2D eigenvalue weighted by atomic mass is 19.1. The van der Waals surface area contributed by atoms with Gasteiger partial charge in [-0.05, 0) is 73.9 Å². The molecule has 0 saturated heterocycles. The van der Waals surface area contributed by atoms with Gasteiger partial charge < -0.3 is 19.5 Å². The highest BCUT2D eigenvalue weighted by Gasteiger charge is 2.45. The van der Waals surface area contributed by atoms with Gasteiger partial charge in [0, 0.05) is 24.4 Å². The highest BCUT2D eigenvalue weighted by molar-refractivity contribution is 5.54. The third-order valence-electron chi connectivity index (χ3n) is 6.17. The topological polar surface area (TPSA) is 39.7 Å². The number of fused-ring (bicyclic) bond motifs is 1. The number of unbranched alkanes of at least 4 members (excludes halogenated alkanes) is 1. The minimum atomic E-state index is -0.653. The van der Waals surface area contributed by atoms with Crippen LogP contribution in [-0.4, -0.2) is 18.3 Å². The van der Waals surface area contributed by atoms with E-state index in [9.17, 15) is 8.78 Å². The molecule has 0 aliphatic carbocycles. The summed E-state index contributed by atoms with van der Waals surface area (Å²) in [5.41, 5.74) is 2.90. The molecule has 0 bridgehead atoms. The molecule has 35 heavy (non-hydrogen) atoms. The van der Waals surface area contributed by atoms with Gasteiger partial charge in [-0.3, -0.25) is 0 Å². The number of hydrogen-bond donors (Lipinski definition) is 1. The largest absolute Gasteiger partial charge is 0.485 e. The molecule has 2 unspecified atom stereocenters. The van der Waals surface area contributed by atoms with E-state index in [1.807, 2.05) is 38.1 Å². The van der Waals surface area contributed by atoms with Crippen LogP contribution in [0.1, 0.15) is 56.4 Å². The molecule has 4 nitrogen and oxygen atoms in total. The zero-order chi connectivity index (χ0) is 24.8.